The van der Waals surface area contributed by atoms with Crippen molar-refractivity contribution < 1.29 is 13.2 Å². The van der Waals surface area contributed by atoms with Crippen LogP contribution in [0.4, 0.5) is 10.8 Å². The normalized spacial score (nSPS) is 15.6. The minimum atomic E-state index is -3.33. The lowest BCUT2D eigenvalue weighted by molar-refractivity contribution is 0.0994. The first-order valence-corrected chi connectivity index (χ1v) is 11.3. The smallest absolute Gasteiger partial charge is 0.229 e. The number of thioether (sulfide) groups is 1. The summed E-state index contributed by atoms with van der Waals surface area (Å²) in [5.74, 6) is -0.0391. The first-order chi connectivity index (χ1) is 11.8. The number of hydrogen-bond acceptors (Lipinski definition) is 8. The molecule has 1 aromatic carbocycles. The molecule has 1 heterocycles. The molecule has 25 heavy (non-hydrogen) atoms. The molecule has 0 aliphatic heterocycles. The van der Waals surface area contributed by atoms with E-state index in [2.05, 4.69) is 20.2 Å². The third kappa shape index (κ3) is 5.41. The number of carbonyl (C=O) groups excluding carboxylic acids is 1. The summed E-state index contributed by atoms with van der Waals surface area (Å²) in [6, 6.07) is 6.91. The molecule has 0 amide bonds. The van der Waals surface area contributed by atoms with E-state index in [1.165, 1.54) is 35.9 Å². The van der Waals surface area contributed by atoms with Gasteiger partial charge in [0.2, 0.25) is 15.2 Å². The fraction of sp³-hybridized carbons (Fsp3) is 0.400. The Hall–Kier alpha value is -1.65. The lowest BCUT2D eigenvalue weighted by atomic mass is 10.1. The maximum atomic E-state index is 12.5. The number of anilines is 2. The molecule has 1 saturated carbocycles. The van der Waals surface area contributed by atoms with Gasteiger partial charge in [-0.1, -0.05) is 23.1 Å². The Morgan fingerprint density at radius 3 is 2.56 bits per heavy atom. The number of aromatic nitrogens is 2. The minimum absolute atomic E-state index is 0.0391. The number of nitrogens with one attached hydrogen (secondary N) is 2. The molecule has 2 N–H and O–H groups in total. The van der Waals surface area contributed by atoms with Crippen LogP contribution >= 0.6 is 23.1 Å². The number of ketones is 1. The third-order valence-corrected chi connectivity index (χ3v) is 6.08. The van der Waals surface area contributed by atoms with Crippen LogP contribution in [-0.2, 0) is 10.0 Å². The minimum Gasteiger partial charge on any atom is -0.357 e. The standard InChI is InChI=1S/C15H18N4O3S3/c1-9(23-15-18-17-14(24-15)16-11-7-8-11)13(20)10-3-5-12(6-4-10)19-25(2,21)22/h3-6,9,11,19H,7-8H2,1-2H3,(H,16,17)/t9-/m0/s1. The number of rotatable bonds is 8. The van der Waals surface area contributed by atoms with E-state index >= 15 is 0 Å². The monoisotopic (exact) mass is 398 g/mol. The lowest BCUT2D eigenvalue weighted by Crippen LogP contribution is -2.14. The highest BCUT2D eigenvalue weighted by molar-refractivity contribution is 8.02. The molecule has 1 atom stereocenters. The molecule has 7 nitrogen and oxygen atoms in total. The van der Waals surface area contributed by atoms with Gasteiger partial charge in [0.15, 0.2) is 10.1 Å². The average molecular weight is 399 g/mol. The van der Waals surface area contributed by atoms with Gasteiger partial charge in [-0.05, 0) is 44.0 Å². The Kier molecular flexibility index (Phi) is 5.30. The first-order valence-electron chi connectivity index (χ1n) is 7.69. The summed E-state index contributed by atoms with van der Waals surface area (Å²) in [5, 5.41) is 12.0. The Labute approximate surface area is 154 Å². The zero-order valence-electron chi connectivity index (χ0n) is 13.7. The van der Waals surface area contributed by atoms with Crippen LogP contribution in [0.5, 0.6) is 0 Å². The van der Waals surface area contributed by atoms with Gasteiger partial charge >= 0.3 is 0 Å². The quantitative estimate of drug-likeness (QED) is 0.521. The van der Waals surface area contributed by atoms with E-state index < -0.39 is 10.0 Å². The maximum Gasteiger partial charge on any atom is 0.229 e. The predicted molar refractivity (Wildman–Crippen MR) is 101 cm³/mol. The Bertz CT molecular complexity index is 860. The highest BCUT2D eigenvalue weighted by Gasteiger charge is 2.23. The Balaban J connectivity index is 1.60. The number of nitrogens with zero attached hydrogens (tertiary/aromatic N) is 2. The SMILES string of the molecule is C[C@H](Sc1nnc(NC2CC2)s1)C(=O)c1ccc(NS(C)(=O)=O)cc1. The van der Waals surface area contributed by atoms with E-state index in [0.717, 1.165) is 15.7 Å². The highest BCUT2D eigenvalue weighted by Crippen LogP contribution is 2.33. The zero-order chi connectivity index (χ0) is 18.0. The van der Waals surface area contributed by atoms with Gasteiger partial charge in [-0.2, -0.15) is 0 Å². The van der Waals surface area contributed by atoms with Crippen molar-refractivity contribution >= 4 is 49.7 Å². The van der Waals surface area contributed by atoms with Crippen LogP contribution in [0.3, 0.4) is 0 Å². The van der Waals surface area contributed by atoms with Crippen molar-refractivity contribution in [3.8, 4) is 0 Å². The molecular formula is C15H18N4O3S3. The van der Waals surface area contributed by atoms with Crippen LogP contribution in [0, 0.1) is 0 Å². The van der Waals surface area contributed by atoms with E-state index in [9.17, 15) is 13.2 Å². The van der Waals surface area contributed by atoms with E-state index in [4.69, 9.17) is 0 Å². The number of benzene rings is 1. The largest absolute Gasteiger partial charge is 0.357 e. The van der Waals surface area contributed by atoms with Crippen LogP contribution in [0.25, 0.3) is 0 Å². The lowest BCUT2D eigenvalue weighted by Gasteiger charge is -2.09. The van der Waals surface area contributed by atoms with Crippen molar-refractivity contribution in [3.05, 3.63) is 29.8 Å². The van der Waals surface area contributed by atoms with E-state index in [-0.39, 0.29) is 11.0 Å². The van der Waals surface area contributed by atoms with Crippen molar-refractivity contribution in [2.75, 3.05) is 16.3 Å². The second kappa shape index (κ2) is 7.30. The van der Waals surface area contributed by atoms with E-state index in [1.807, 2.05) is 6.92 Å². The number of sulfonamides is 1. The molecule has 0 radical (unpaired) electrons. The molecule has 0 spiro atoms. The molecule has 3 rings (SSSR count). The summed E-state index contributed by atoms with van der Waals surface area (Å²) in [5.41, 5.74) is 0.958. The van der Waals surface area contributed by atoms with Gasteiger partial charge in [-0.25, -0.2) is 8.42 Å². The van der Waals surface area contributed by atoms with Crippen molar-refractivity contribution in [1.29, 1.82) is 0 Å². The molecule has 1 fully saturated rings. The summed E-state index contributed by atoms with van der Waals surface area (Å²) in [4.78, 5) is 12.5. The van der Waals surface area contributed by atoms with Crippen LogP contribution in [0.15, 0.2) is 28.6 Å². The summed E-state index contributed by atoms with van der Waals surface area (Å²) in [7, 11) is -3.33. The molecule has 1 aliphatic rings. The van der Waals surface area contributed by atoms with Gasteiger partial charge in [0, 0.05) is 17.3 Å². The van der Waals surface area contributed by atoms with Crippen LogP contribution in [-0.4, -0.2) is 41.9 Å². The van der Waals surface area contributed by atoms with Gasteiger partial charge in [0.1, 0.15) is 0 Å². The maximum absolute atomic E-state index is 12.5. The molecule has 0 bridgehead atoms. The van der Waals surface area contributed by atoms with E-state index in [0.29, 0.717) is 17.3 Å². The first kappa shape index (κ1) is 18.2. The molecular weight excluding hydrogens is 380 g/mol. The van der Waals surface area contributed by atoms with Crippen molar-refractivity contribution in [3.63, 3.8) is 0 Å². The van der Waals surface area contributed by atoms with Crippen LogP contribution < -0.4 is 10.0 Å². The van der Waals surface area contributed by atoms with Gasteiger partial charge < -0.3 is 5.32 Å². The van der Waals surface area contributed by atoms with Crippen LogP contribution in [0.2, 0.25) is 0 Å². The fourth-order valence-corrected chi connectivity index (χ4v) is 4.69. The summed E-state index contributed by atoms with van der Waals surface area (Å²) >= 11 is 2.82. The van der Waals surface area contributed by atoms with Crippen LogP contribution in [0.1, 0.15) is 30.1 Å². The second-order valence-corrected chi connectivity index (χ2v) is 10.2. The zero-order valence-corrected chi connectivity index (χ0v) is 16.2. The van der Waals surface area contributed by atoms with E-state index in [1.54, 1.807) is 24.3 Å². The van der Waals surface area contributed by atoms with Crippen molar-refractivity contribution in [2.24, 2.45) is 0 Å². The molecule has 134 valence electrons. The molecule has 2 aromatic rings. The highest BCUT2D eigenvalue weighted by atomic mass is 32.2. The van der Waals surface area contributed by atoms with Gasteiger partial charge in [-0.15, -0.1) is 10.2 Å². The summed E-state index contributed by atoms with van der Waals surface area (Å²) < 4.78 is 25.5. The third-order valence-electron chi connectivity index (χ3n) is 3.43. The molecule has 1 aliphatic carbocycles. The summed E-state index contributed by atoms with van der Waals surface area (Å²) in [6.45, 7) is 1.82. The number of carbonyl (C=O) groups is 1. The predicted octanol–water partition coefficient (Wildman–Crippen LogP) is 2.85. The number of Topliss-reactive ketones (excluding diaryl/α,β-unsaturated/α-hetero) is 1. The molecule has 1 aromatic heterocycles. The second-order valence-electron chi connectivity index (χ2n) is 5.87. The fourth-order valence-electron chi connectivity index (χ4n) is 2.07. The molecule has 0 unspecified atom stereocenters. The average Bonchev–Trinajstić information content (AvgIpc) is 3.24. The molecule has 0 saturated heterocycles. The van der Waals surface area contributed by atoms with Gasteiger partial charge in [-0.3, -0.25) is 9.52 Å². The van der Waals surface area contributed by atoms with Gasteiger partial charge in [0.05, 0.1) is 11.5 Å². The molecule has 10 heteroatoms. The van der Waals surface area contributed by atoms with Crippen molar-refractivity contribution in [1.82, 2.24) is 10.2 Å². The van der Waals surface area contributed by atoms with Gasteiger partial charge in [0.25, 0.3) is 0 Å². The van der Waals surface area contributed by atoms with Crippen molar-refractivity contribution in [2.45, 2.75) is 35.4 Å². The summed E-state index contributed by atoms with van der Waals surface area (Å²) in [6.07, 6.45) is 3.42. The topological polar surface area (TPSA) is 101 Å². The number of hydrogen-bond donors (Lipinski definition) is 2. The Morgan fingerprint density at radius 2 is 1.96 bits per heavy atom. The Morgan fingerprint density at radius 1 is 1.28 bits per heavy atom.